The molecule has 0 aliphatic heterocycles. The molecule has 3 nitrogen and oxygen atoms in total. The fourth-order valence-electron chi connectivity index (χ4n) is 1.32. The van der Waals surface area contributed by atoms with Crippen LogP contribution in [0, 0.1) is 0 Å². The van der Waals surface area contributed by atoms with Gasteiger partial charge in [-0.05, 0) is 28.4 Å². The van der Waals surface area contributed by atoms with E-state index in [2.05, 4.69) is 32.9 Å². The van der Waals surface area contributed by atoms with Gasteiger partial charge in [0, 0.05) is 22.6 Å². The van der Waals surface area contributed by atoms with Crippen LogP contribution in [0.5, 0.6) is 0 Å². The van der Waals surface area contributed by atoms with Crippen molar-refractivity contribution in [3.8, 4) is 0 Å². The highest BCUT2D eigenvalue weighted by atomic mass is 79.9. The lowest BCUT2D eigenvalue weighted by molar-refractivity contribution is 0.617. The van der Waals surface area contributed by atoms with E-state index in [0.717, 1.165) is 28.5 Å². The van der Waals surface area contributed by atoms with Crippen molar-refractivity contribution < 1.29 is 0 Å². The van der Waals surface area contributed by atoms with Gasteiger partial charge in [-0.1, -0.05) is 6.92 Å². The lowest BCUT2D eigenvalue weighted by Gasteiger charge is -1.98. The second kappa shape index (κ2) is 3.46. The zero-order valence-electron chi connectivity index (χ0n) is 7.37. The highest BCUT2D eigenvalue weighted by Crippen LogP contribution is 2.16. The monoisotopic (exact) mass is 239 g/mol. The molecule has 0 aromatic carbocycles. The first kappa shape index (κ1) is 8.69. The van der Waals surface area contributed by atoms with Crippen LogP contribution in [0.2, 0.25) is 0 Å². The molecule has 0 saturated carbocycles. The fraction of sp³-hybridized carbons (Fsp3) is 0.333. The lowest BCUT2D eigenvalue weighted by Crippen LogP contribution is -1.99. The van der Waals surface area contributed by atoms with E-state index in [4.69, 9.17) is 0 Å². The Morgan fingerprint density at radius 3 is 3.08 bits per heavy atom. The molecule has 0 aliphatic carbocycles. The molecular weight excluding hydrogens is 230 g/mol. The van der Waals surface area contributed by atoms with Gasteiger partial charge >= 0.3 is 0 Å². The molecule has 0 atom stereocenters. The molecule has 0 saturated heterocycles. The van der Waals surface area contributed by atoms with Crippen LogP contribution in [0.15, 0.2) is 22.9 Å². The summed E-state index contributed by atoms with van der Waals surface area (Å²) in [7, 11) is 0. The molecule has 0 fully saturated rings. The van der Waals surface area contributed by atoms with Crippen LogP contribution in [0.3, 0.4) is 0 Å². The molecule has 2 heterocycles. The Bertz CT molecular complexity index is 422. The van der Waals surface area contributed by atoms with Gasteiger partial charge in [0.15, 0.2) is 5.65 Å². The summed E-state index contributed by atoms with van der Waals surface area (Å²) < 4.78 is 2.93. The first-order valence-electron chi connectivity index (χ1n) is 4.28. The van der Waals surface area contributed by atoms with E-state index in [1.54, 1.807) is 6.20 Å². The van der Waals surface area contributed by atoms with Gasteiger partial charge in [0.2, 0.25) is 0 Å². The van der Waals surface area contributed by atoms with E-state index < -0.39 is 0 Å². The number of hydrogen-bond acceptors (Lipinski definition) is 2. The van der Waals surface area contributed by atoms with Gasteiger partial charge in [0.25, 0.3) is 0 Å². The van der Waals surface area contributed by atoms with E-state index in [-0.39, 0.29) is 0 Å². The van der Waals surface area contributed by atoms with Crippen LogP contribution >= 0.6 is 15.9 Å². The third kappa shape index (κ3) is 1.58. The Hall–Kier alpha value is -0.900. The van der Waals surface area contributed by atoms with Gasteiger partial charge in [-0.25, -0.2) is 9.67 Å². The van der Waals surface area contributed by atoms with E-state index in [0.29, 0.717) is 0 Å². The topological polar surface area (TPSA) is 30.7 Å². The van der Waals surface area contributed by atoms with Crippen molar-refractivity contribution in [2.24, 2.45) is 0 Å². The summed E-state index contributed by atoms with van der Waals surface area (Å²) in [6.45, 7) is 3.06. The highest BCUT2D eigenvalue weighted by molar-refractivity contribution is 9.10. The van der Waals surface area contributed by atoms with Crippen molar-refractivity contribution in [2.45, 2.75) is 19.9 Å². The smallest absolute Gasteiger partial charge is 0.157 e. The Morgan fingerprint density at radius 1 is 1.46 bits per heavy atom. The summed E-state index contributed by atoms with van der Waals surface area (Å²) in [6, 6.07) is 2.03. The quantitative estimate of drug-likeness (QED) is 0.807. The van der Waals surface area contributed by atoms with Crippen molar-refractivity contribution in [3.63, 3.8) is 0 Å². The SMILES string of the molecule is CCCn1ncc2cc(Br)cnc21. The van der Waals surface area contributed by atoms with Crippen LogP contribution in [0.4, 0.5) is 0 Å². The molecule has 0 aliphatic rings. The van der Waals surface area contributed by atoms with Gasteiger partial charge in [-0.2, -0.15) is 5.10 Å². The number of fused-ring (bicyclic) bond motifs is 1. The molecule has 2 aromatic heterocycles. The van der Waals surface area contributed by atoms with Gasteiger partial charge in [0.1, 0.15) is 0 Å². The number of aromatic nitrogens is 3. The molecule has 2 rings (SSSR count). The number of rotatable bonds is 2. The zero-order chi connectivity index (χ0) is 9.26. The van der Waals surface area contributed by atoms with Crippen molar-refractivity contribution in [3.05, 3.63) is 22.9 Å². The van der Waals surface area contributed by atoms with Crippen molar-refractivity contribution >= 4 is 27.0 Å². The Morgan fingerprint density at radius 2 is 2.31 bits per heavy atom. The number of nitrogens with zero attached hydrogens (tertiary/aromatic N) is 3. The second-order valence-electron chi connectivity index (χ2n) is 2.93. The van der Waals surface area contributed by atoms with Crippen LogP contribution < -0.4 is 0 Å². The third-order valence-electron chi connectivity index (χ3n) is 1.88. The average Bonchev–Trinajstić information content (AvgIpc) is 2.49. The standard InChI is InChI=1S/C9H10BrN3/c1-2-3-13-9-7(5-12-13)4-8(10)6-11-9/h4-6H,2-3H2,1H3. The maximum Gasteiger partial charge on any atom is 0.157 e. The molecule has 0 spiro atoms. The van der Waals surface area contributed by atoms with E-state index in [9.17, 15) is 0 Å². The second-order valence-corrected chi connectivity index (χ2v) is 3.85. The van der Waals surface area contributed by atoms with Crippen LogP contribution in [0.25, 0.3) is 11.0 Å². The predicted octanol–water partition coefficient (Wildman–Crippen LogP) is 2.60. The molecular formula is C9H10BrN3. The largest absolute Gasteiger partial charge is 0.247 e. The maximum atomic E-state index is 4.31. The number of halogens is 1. The van der Waals surface area contributed by atoms with E-state index in [1.807, 2.05) is 16.9 Å². The molecule has 2 aromatic rings. The molecule has 13 heavy (non-hydrogen) atoms. The lowest BCUT2D eigenvalue weighted by atomic mass is 10.3. The third-order valence-corrected chi connectivity index (χ3v) is 2.31. The normalized spacial score (nSPS) is 10.9. The first-order valence-corrected chi connectivity index (χ1v) is 5.07. The first-order chi connectivity index (χ1) is 6.31. The Balaban J connectivity index is 2.55. The maximum absolute atomic E-state index is 4.31. The van der Waals surface area contributed by atoms with Crippen molar-refractivity contribution in [1.82, 2.24) is 14.8 Å². The summed E-state index contributed by atoms with van der Waals surface area (Å²) in [4.78, 5) is 4.31. The molecule has 0 bridgehead atoms. The number of hydrogen-bond donors (Lipinski definition) is 0. The predicted molar refractivity (Wildman–Crippen MR) is 55.5 cm³/mol. The Labute approximate surface area is 84.9 Å². The van der Waals surface area contributed by atoms with Crippen LogP contribution in [-0.2, 0) is 6.54 Å². The average molecular weight is 240 g/mol. The molecule has 4 heteroatoms. The van der Waals surface area contributed by atoms with Gasteiger partial charge in [-0.15, -0.1) is 0 Å². The van der Waals surface area contributed by atoms with Crippen molar-refractivity contribution in [2.75, 3.05) is 0 Å². The molecule has 0 N–H and O–H groups in total. The van der Waals surface area contributed by atoms with E-state index in [1.165, 1.54) is 0 Å². The van der Waals surface area contributed by atoms with Gasteiger partial charge < -0.3 is 0 Å². The van der Waals surface area contributed by atoms with Gasteiger partial charge in [-0.3, -0.25) is 0 Å². The molecule has 0 unspecified atom stereocenters. The van der Waals surface area contributed by atoms with Crippen LogP contribution in [-0.4, -0.2) is 14.8 Å². The summed E-state index contributed by atoms with van der Waals surface area (Å²) in [5.41, 5.74) is 0.963. The molecule has 0 radical (unpaired) electrons. The Kier molecular flexibility index (Phi) is 2.31. The fourth-order valence-corrected chi connectivity index (χ4v) is 1.67. The van der Waals surface area contributed by atoms with Gasteiger partial charge in [0.05, 0.1) is 6.20 Å². The summed E-state index contributed by atoms with van der Waals surface area (Å²) in [5, 5.41) is 5.35. The van der Waals surface area contributed by atoms with Crippen molar-refractivity contribution in [1.29, 1.82) is 0 Å². The minimum atomic E-state index is 0.929. The number of aryl methyl sites for hydroxylation is 1. The van der Waals surface area contributed by atoms with E-state index >= 15 is 0 Å². The minimum Gasteiger partial charge on any atom is -0.247 e. The highest BCUT2D eigenvalue weighted by Gasteiger charge is 2.02. The number of pyridine rings is 1. The molecule has 0 amide bonds. The van der Waals surface area contributed by atoms with Crippen LogP contribution in [0.1, 0.15) is 13.3 Å². The minimum absolute atomic E-state index is 0.929. The summed E-state index contributed by atoms with van der Waals surface area (Å²) >= 11 is 3.38. The summed E-state index contributed by atoms with van der Waals surface area (Å²) in [6.07, 6.45) is 4.73. The molecule has 68 valence electrons. The zero-order valence-corrected chi connectivity index (χ0v) is 8.95. The summed E-state index contributed by atoms with van der Waals surface area (Å²) in [5.74, 6) is 0.